The molecule has 1 aromatic carbocycles. The van der Waals surface area contributed by atoms with Gasteiger partial charge in [-0.2, -0.15) is 18.4 Å². The zero-order valence-corrected chi connectivity index (χ0v) is 11.2. The van der Waals surface area contributed by atoms with E-state index in [4.69, 9.17) is 5.26 Å². The van der Waals surface area contributed by atoms with Gasteiger partial charge in [0.2, 0.25) is 0 Å². The highest BCUT2D eigenvalue weighted by atomic mass is 19.4. The number of rotatable bonds is 2. The molecular formula is C15H16F3N2. The van der Waals surface area contributed by atoms with E-state index < -0.39 is 11.7 Å². The van der Waals surface area contributed by atoms with Crippen LogP contribution in [-0.4, -0.2) is 13.1 Å². The van der Waals surface area contributed by atoms with E-state index in [1.807, 2.05) is 11.9 Å². The first-order valence-electron chi connectivity index (χ1n) is 6.59. The van der Waals surface area contributed by atoms with Crippen LogP contribution >= 0.6 is 0 Å². The molecule has 20 heavy (non-hydrogen) atoms. The van der Waals surface area contributed by atoms with Crippen molar-refractivity contribution in [2.24, 2.45) is 0 Å². The standard InChI is InChI=1S/C15H16F3N2/c1-20(12-5-3-2-4-6-12)13-8-7-11(10-19)14(9-13)15(16,17)18/h3,7-9,12H,2,4-6H2,1H3. The molecule has 0 amide bonds. The Labute approximate surface area is 116 Å². The van der Waals surface area contributed by atoms with Crippen molar-refractivity contribution in [3.05, 3.63) is 35.7 Å². The Bertz CT molecular complexity index is 511. The van der Waals surface area contributed by atoms with Crippen LogP contribution in [0.3, 0.4) is 0 Å². The molecule has 0 saturated heterocycles. The van der Waals surface area contributed by atoms with Gasteiger partial charge in [0, 0.05) is 18.8 Å². The maximum atomic E-state index is 12.9. The fourth-order valence-electron chi connectivity index (χ4n) is 2.57. The van der Waals surface area contributed by atoms with Gasteiger partial charge in [0.05, 0.1) is 17.2 Å². The summed E-state index contributed by atoms with van der Waals surface area (Å²) in [6, 6.07) is 5.75. The number of benzene rings is 1. The topological polar surface area (TPSA) is 27.0 Å². The highest BCUT2D eigenvalue weighted by molar-refractivity contribution is 5.55. The van der Waals surface area contributed by atoms with E-state index in [2.05, 4.69) is 6.42 Å². The molecule has 0 heterocycles. The van der Waals surface area contributed by atoms with Gasteiger partial charge in [-0.1, -0.05) is 12.8 Å². The third-order valence-corrected chi connectivity index (χ3v) is 3.77. The zero-order chi connectivity index (χ0) is 14.8. The lowest BCUT2D eigenvalue weighted by atomic mass is 9.94. The number of hydrogen-bond donors (Lipinski definition) is 0. The minimum atomic E-state index is -4.50. The monoisotopic (exact) mass is 281 g/mol. The van der Waals surface area contributed by atoms with Crippen molar-refractivity contribution in [1.82, 2.24) is 0 Å². The van der Waals surface area contributed by atoms with E-state index in [1.165, 1.54) is 6.07 Å². The van der Waals surface area contributed by atoms with Crippen LogP contribution in [0.15, 0.2) is 18.2 Å². The van der Waals surface area contributed by atoms with E-state index in [0.29, 0.717) is 5.69 Å². The highest BCUT2D eigenvalue weighted by Gasteiger charge is 2.34. The van der Waals surface area contributed by atoms with E-state index in [0.717, 1.165) is 31.7 Å². The molecule has 1 aliphatic carbocycles. The predicted octanol–water partition coefficient (Wildman–Crippen LogP) is 4.16. The summed E-state index contributed by atoms with van der Waals surface area (Å²) in [4.78, 5) is 1.88. The first-order chi connectivity index (χ1) is 9.43. The van der Waals surface area contributed by atoms with Crippen LogP contribution in [0.2, 0.25) is 0 Å². The van der Waals surface area contributed by atoms with Gasteiger partial charge in [-0.15, -0.1) is 0 Å². The molecule has 0 aromatic heterocycles. The molecule has 1 radical (unpaired) electrons. The van der Waals surface area contributed by atoms with Crippen molar-refractivity contribution >= 4 is 5.69 Å². The Morgan fingerprint density at radius 1 is 1.35 bits per heavy atom. The van der Waals surface area contributed by atoms with Crippen molar-refractivity contribution in [3.8, 4) is 6.07 Å². The van der Waals surface area contributed by atoms with Crippen LogP contribution in [0.1, 0.15) is 36.8 Å². The number of halogens is 3. The Hall–Kier alpha value is -1.70. The van der Waals surface area contributed by atoms with Crippen LogP contribution in [0.25, 0.3) is 0 Å². The largest absolute Gasteiger partial charge is 0.417 e. The smallest absolute Gasteiger partial charge is 0.372 e. The third-order valence-electron chi connectivity index (χ3n) is 3.77. The summed E-state index contributed by atoms with van der Waals surface area (Å²) >= 11 is 0. The van der Waals surface area contributed by atoms with Gasteiger partial charge in [-0.05, 0) is 37.5 Å². The fraction of sp³-hybridized carbons (Fsp3) is 0.467. The van der Waals surface area contributed by atoms with Gasteiger partial charge >= 0.3 is 6.18 Å². The van der Waals surface area contributed by atoms with Gasteiger partial charge in [0.25, 0.3) is 0 Å². The molecule has 0 spiro atoms. The summed E-state index contributed by atoms with van der Waals surface area (Å²) in [5.41, 5.74) is -0.675. The van der Waals surface area contributed by atoms with E-state index in [1.54, 1.807) is 12.1 Å². The maximum absolute atomic E-state index is 12.9. The molecule has 107 valence electrons. The molecule has 5 heteroatoms. The average Bonchev–Trinajstić information content (AvgIpc) is 2.46. The fourth-order valence-corrected chi connectivity index (χ4v) is 2.57. The van der Waals surface area contributed by atoms with Crippen LogP contribution < -0.4 is 4.90 Å². The van der Waals surface area contributed by atoms with Gasteiger partial charge < -0.3 is 4.90 Å². The Kier molecular flexibility index (Phi) is 4.22. The molecule has 0 N–H and O–H groups in total. The van der Waals surface area contributed by atoms with Crippen LogP contribution in [0.5, 0.6) is 0 Å². The van der Waals surface area contributed by atoms with Crippen LogP contribution in [0, 0.1) is 17.8 Å². The molecule has 1 aromatic rings. The molecule has 0 bridgehead atoms. The second-order valence-electron chi connectivity index (χ2n) is 5.06. The minimum absolute atomic E-state index is 0.234. The molecule has 1 fully saturated rings. The van der Waals surface area contributed by atoms with E-state index in [9.17, 15) is 13.2 Å². The molecule has 0 aliphatic heterocycles. The van der Waals surface area contributed by atoms with Gasteiger partial charge in [-0.3, -0.25) is 0 Å². The summed E-state index contributed by atoms with van der Waals surface area (Å²) in [7, 11) is 1.81. The number of nitriles is 1. The summed E-state index contributed by atoms with van der Waals surface area (Å²) < 4.78 is 38.8. The Balaban J connectivity index is 2.31. The lowest BCUT2D eigenvalue weighted by molar-refractivity contribution is -0.137. The van der Waals surface area contributed by atoms with Gasteiger partial charge in [0.1, 0.15) is 0 Å². The predicted molar refractivity (Wildman–Crippen MR) is 71.1 cm³/mol. The summed E-state index contributed by atoms with van der Waals surface area (Å²) in [5.74, 6) is 0. The summed E-state index contributed by atoms with van der Waals surface area (Å²) in [6.07, 6.45) is 1.69. The quantitative estimate of drug-likeness (QED) is 0.814. The Morgan fingerprint density at radius 2 is 2.10 bits per heavy atom. The molecule has 1 unspecified atom stereocenters. The molecule has 1 atom stereocenters. The second-order valence-corrected chi connectivity index (χ2v) is 5.06. The molecular weight excluding hydrogens is 265 g/mol. The minimum Gasteiger partial charge on any atom is -0.372 e. The van der Waals surface area contributed by atoms with E-state index in [-0.39, 0.29) is 11.6 Å². The number of hydrogen-bond acceptors (Lipinski definition) is 2. The average molecular weight is 281 g/mol. The van der Waals surface area contributed by atoms with Crippen molar-refractivity contribution in [2.45, 2.75) is 37.9 Å². The lowest BCUT2D eigenvalue weighted by Crippen LogP contribution is -2.33. The van der Waals surface area contributed by atoms with Crippen molar-refractivity contribution in [2.75, 3.05) is 11.9 Å². The van der Waals surface area contributed by atoms with Crippen molar-refractivity contribution in [3.63, 3.8) is 0 Å². The molecule has 1 saturated carbocycles. The number of alkyl halides is 3. The summed E-state index contributed by atoms with van der Waals surface area (Å²) in [5, 5.41) is 8.79. The SMILES string of the molecule is CN(c1ccc(C#N)c(C(F)(F)F)c1)C1C[CH]CCC1. The molecule has 2 nitrogen and oxygen atoms in total. The van der Waals surface area contributed by atoms with Crippen LogP contribution in [-0.2, 0) is 6.18 Å². The van der Waals surface area contributed by atoms with Crippen molar-refractivity contribution < 1.29 is 13.2 Å². The third kappa shape index (κ3) is 3.06. The maximum Gasteiger partial charge on any atom is 0.417 e. The van der Waals surface area contributed by atoms with Gasteiger partial charge in [0.15, 0.2) is 0 Å². The second kappa shape index (κ2) is 5.74. The number of anilines is 1. The molecule has 1 aliphatic rings. The normalized spacial score (nSPS) is 16.8. The molecule has 2 rings (SSSR count). The van der Waals surface area contributed by atoms with Crippen LogP contribution in [0.4, 0.5) is 18.9 Å². The van der Waals surface area contributed by atoms with E-state index >= 15 is 0 Å². The first kappa shape index (κ1) is 14.7. The zero-order valence-electron chi connectivity index (χ0n) is 11.2. The van der Waals surface area contributed by atoms with Crippen molar-refractivity contribution in [1.29, 1.82) is 5.26 Å². The highest BCUT2D eigenvalue weighted by Crippen LogP contribution is 2.35. The lowest BCUT2D eigenvalue weighted by Gasteiger charge is -2.33. The van der Waals surface area contributed by atoms with Gasteiger partial charge in [-0.25, -0.2) is 0 Å². The Morgan fingerprint density at radius 3 is 2.65 bits per heavy atom. The first-order valence-corrected chi connectivity index (χ1v) is 6.59. The number of nitrogens with zero attached hydrogens (tertiary/aromatic N) is 2. The summed E-state index contributed by atoms with van der Waals surface area (Å²) in [6.45, 7) is 0.